The maximum absolute atomic E-state index is 6.02. The summed E-state index contributed by atoms with van der Waals surface area (Å²) in [6, 6.07) is 22.7. The zero-order chi connectivity index (χ0) is 14.7. The van der Waals surface area contributed by atoms with Crippen LogP contribution in [0.1, 0.15) is 0 Å². The number of nitrogen functional groups attached to an aromatic ring is 1. The molecule has 104 valence electrons. The predicted octanol–water partition coefficient (Wildman–Crippen LogP) is 5.47. The van der Waals surface area contributed by atoms with Crippen molar-refractivity contribution >= 4 is 49.2 Å². The van der Waals surface area contributed by atoms with Crippen LogP contribution in [0.4, 0.5) is 5.69 Å². The molecule has 0 radical (unpaired) electrons. The molecule has 0 saturated carbocycles. The van der Waals surface area contributed by atoms with Crippen LogP contribution in [0.5, 0.6) is 0 Å². The van der Waals surface area contributed by atoms with Crippen LogP contribution in [-0.2, 0) is 0 Å². The molecule has 5 rings (SSSR count). The second kappa shape index (κ2) is 4.01. The highest BCUT2D eigenvalue weighted by molar-refractivity contribution is 6.26. The number of hydrogen-bond acceptors (Lipinski definition) is 2. The Morgan fingerprint density at radius 1 is 0.636 bits per heavy atom. The van der Waals surface area contributed by atoms with Crippen molar-refractivity contribution in [1.29, 1.82) is 0 Å². The number of anilines is 1. The summed E-state index contributed by atoms with van der Waals surface area (Å²) in [4.78, 5) is 0. The van der Waals surface area contributed by atoms with Crippen LogP contribution in [-0.4, -0.2) is 0 Å². The molecule has 0 atom stereocenters. The first-order chi connectivity index (χ1) is 10.8. The van der Waals surface area contributed by atoms with E-state index in [-0.39, 0.29) is 0 Å². The van der Waals surface area contributed by atoms with Crippen LogP contribution in [0, 0.1) is 0 Å². The zero-order valence-electron chi connectivity index (χ0n) is 11.8. The van der Waals surface area contributed by atoms with Crippen molar-refractivity contribution < 1.29 is 4.42 Å². The summed E-state index contributed by atoms with van der Waals surface area (Å²) in [6.07, 6.45) is 0. The molecular weight excluding hydrogens is 270 g/mol. The Bertz CT molecular complexity index is 1180. The number of nitrogens with two attached hydrogens (primary N) is 1. The summed E-state index contributed by atoms with van der Waals surface area (Å²) in [7, 11) is 0. The second-order valence-electron chi connectivity index (χ2n) is 5.68. The van der Waals surface area contributed by atoms with E-state index < -0.39 is 0 Å². The van der Waals surface area contributed by atoms with Gasteiger partial charge in [0.05, 0.1) is 0 Å². The predicted molar refractivity (Wildman–Crippen MR) is 93.1 cm³/mol. The van der Waals surface area contributed by atoms with Gasteiger partial charge >= 0.3 is 0 Å². The molecule has 0 aliphatic rings. The summed E-state index contributed by atoms with van der Waals surface area (Å²) in [5, 5.41) is 7.11. The lowest BCUT2D eigenvalue weighted by atomic mass is 9.97. The molecule has 0 fully saturated rings. The first-order valence-corrected chi connectivity index (χ1v) is 7.33. The molecule has 0 unspecified atom stereocenters. The molecule has 0 saturated heterocycles. The van der Waals surface area contributed by atoms with Crippen LogP contribution in [0.3, 0.4) is 0 Å². The molecule has 0 amide bonds. The molecule has 2 N–H and O–H groups in total. The largest absolute Gasteiger partial charge is 0.456 e. The van der Waals surface area contributed by atoms with E-state index in [0.29, 0.717) is 0 Å². The molecule has 1 aromatic heterocycles. The lowest BCUT2D eigenvalue weighted by molar-refractivity contribution is 0.669. The Hall–Kier alpha value is -3.00. The fourth-order valence-corrected chi connectivity index (χ4v) is 3.38. The normalized spacial score (nSPS) is 11.8. The smallest absolute Gasteiger partial charge is 0.136 e. The zero-order valence-corrected chi connectivity index (χ0v) is 11.8. The third-order valence-corrected chi connectivity index (χ3v) is 4.36. The van der Waals surface area contributed by atoms with Crippen LogP contribution >= 0.6 is 0 Å². The van der Waals surface area contributed by atoms with E-state index in [2.05, 4.69) is 48.5 Å². The molecule has 5 aromatic rings. The number of fused-ring (bicyclic) bond motifs is 7. The molecular formula is C20H13NO. The Labute approximate surface area is 126 Å². The SMILES string of the molecule is Nc1ccc2ccc3ccc4oc5ccccc5c4c3c2c1. The van der Waals surface area contributed by atoms with Crippen LogP contribution in [0.15, 0.2) is 71.1 Å². The molecule has 1 heterocycles. The van der Waals surface area contributed by atoms with Gasteiger partial charge in [0.15, 0.2) is 0 Å². The van der Waals surface area contributed by atoms with E-state index in [1.54, 1.807) is 0 Å². The quantitative estimate of drug-likeness (QED) is 0.302. The molecule has 0 aliphatic carbocycles. The van der Waals surface area contributed by atoms with Gasteiger partial charge in [0.2, 0.25) is 0 Å². The van der Waals surface area contributed by atoms with Crippen molar-refractivity contribution in [2.45, 2.75) is 0 Å². The minimum Gasteiger partial charge on any atom is -0.456 e. The molecule has 0 spiro atoms. The van der Waals surface area contributed by atoms with Crippen molar-refractivity contribution in [2.24, 2.45) is 0 Å². The van der Waals surface area contributed by atoms with E-state index >= 15 is 0 Å². The van der Waals surface area contributed by atoms with Gasteiger partial charge in [-0.3, -0.25) is 0 Å². The molecule has 0 aliphatic heterocycles. The van der Waals surface area contributed by atoms with Crippen LogP contribution < -0.4 is 5.73 Å². The molecule has 2 nitrogen and oxygen atoms in total. The average Bonchev–Trinajstić information content (AvgIpc) is 2.93. The van der Waals surface area contributed by atoms with Gasteiger partial charge in [0.1, 0.15) is 11.2 Å². The Morgan fingerprint density at radius 3 is 2.36 bits per heavy atom. The summed E-state index contributed by atoms with van der Waals surface area (Å²) >= 11 is 0. The van der Waals surface area contributed by atoms with Crippen molar-refractivity contribution in [3.8, 4) is 0 Å². The van der Waals surface area contributed by atoms with Gasteiger partial charge in [0.25, 0.3) is 0 Å². The van der Waals surface area contributed by atoms with Crippen molar-refractivity contribution in [2.75, 3.05) is 5.73 Å². The lowest BCUT2D eigenvalue weighted by Crippen LogP contribution is -1.85. The maximum Gasteiger partial charge on any atom is 0.136 e. The topological polar surface area (TPSA) is 39.2 Å². The van der Waals surface area contributed by atoms with E-state index in [9.17, 15) is 0 Å². The fourth-order valence-electron chi connectivity index (χ4n) is 3.38. The number of rotatable bonds is 0. The summed E-state index contributed by atoms with van der Waals surface area (Å²) in [6.45, 7) is 0. The first kappa shape index (κ1) is 11.6. The van der Waals surface area contributed by atoms with Crippen molar-refractivity contribution in [1.82, 2.24) is 0 Å². The van der Waals surface area contributed by atoms with Crippen molar-refractivity contribution in [3.63, 3.8) is 0 Å². The molecule has 2 heteroatoms. The Morgan fingerprint density at radius 2 is 1.41 bits per heavy atom. The monoisotopic (exact) mass is 283 g/mol. The Kier molecular flexibility index (Phi) is 2.12. The van der Waals surface area contributed by atoms with Crippen molar-refractivity contribution in [3.05, 3.63) is 66.7 Å². The third-order valence-electron chi connectivity index (χ3n) is 4.36. The lowest BCUT2D eigenvalue weighted by Gasteiger charge is -2.06. The summed E-state index contributed by atoms with van der Waals surface area (Å²) in [5.41, 5.74) is 8.65. The van der Waals surface area contributed by atoms with Gasteiger partial charge in [-0.15, -0.1) is 0 Å². The average molecular weight is 283 g/mol. The number of furan rings is 1. The highest BCUT2D eigenvalue weighted by Gasteiger charge is 2.12. The number of benzene rings is 4. The minimum atomic E-state index is 0.782. The third kappa shape index (κ3) is 1.44. The minimum absolute atomic E-state index is 0.782. The van der Waals surface area contributed by atoms with E-state index in [1.165, 1.54) is 26.9 Å². The highest BCUT2D eigenvalue weighted by atomic mass is 16.3. The standard InChI is InChI=1S/C20H13NO/c21-14-9-7-12-5-6-13-8-10-18-20(19(13)16(12)11-14)15-3-1-2-4-17(15)22-18/h1-11H,21H2. The maximum atomic E-state index is 6.02. The van der Waals surface area contributed by atoms with Gasteiger partial charge in [-0.1, -0.05) is 42.5 Å². The van der Waals surface area contributed by atoms with Gasteiger partial charge in [-0.25, -0.2) is 0 Å². The summed E-state index contributed by atoms with van der Waals surface area (Å²) in [5.74, 6) is 0. The number of hydrogen-bond donors (Lipinski definition) is 1. The molecule has 0 bridgehead atoms. The van der Waals surface area contributed by atoms with Gasteiger partial charge in [0, 0.05) is 21.8 Å². The fraction of sp³-hybridized carbons (Fsp3) is 0. The molecule has 4 aromatic carbocycles. The van der Waals surface area contributed by atoms with E-state index in [0.717, 1.165) is 22.2 Å². The van der Waals surface area contributed by atoms with Gasteiger partial charge in [-0.05, 0) is 40.4 Å². The summed E-state index contributed by atoms with van der Waals surface area (Å²) < 4.78 is 6.01. The van der Waals surface area contributed by atoms with E-state index in [1.807, 2.05) is 18.2 Å². The van der Waals surface area contributed by atoms with Crippen LogP contribution in [0.25, 0.3) is 43.5 Å². The first-order valence-electron chi connectivity index (χ1n) is 7.33. The second-order valence-corrected chi connectivity index (χ2v) is 5.68. The van der Waals surface area contributed by atoms with Crippen LogP contribution in [0.2, 0.25) is 0 Å². The highest BCUT2D eigenvalue weighted by Crippen LogP contribution is 2.38. The Balaban J connectivity index is 2.17. The van der Waals surface area contributed by atoms with Gasteiger partial charge in [-0.2, -0.15) is 0 Å². The van der Waals surface area contributed by atoms with Gasteiger partial charge < -0.3 is 10.2 Å². The molecule has 22 heavy (non-hydrogen) atoms. The number of para-hydroxylation sites is 1. The van der Waals surface area contributed by atoms with E-state index in [4.69, 9.17) is 10.2 Å².